The largest absolute Gasteiger partial charge is 0.586 e. The van der Waals surface area contributed by atoms with Crippen molar-refractivity contribution in [2.75, 3.05) is 51.8 Å². The van der Waals surface area contributed by atoms with Crippen molar-refractivity contribution in [3.05, 3.63) is 18.2 Å². The molecule has 10 heteroatoms. The number of nitrogens with one attached hydrogen (secondary N) is 2. The van der Waals surface area contributed by atoms with Crippen LogP contribution in [0, 0.1) is 0 Å². The fourth-order valence-electron chi connectivity index (χ4n) is 2.75. The van der Waals surface area contributed by atoms with Gasteiger partial charge in [0.25, 0.3) is 11.8 Å². The lowest BCUT2D eigenvalue weighted by atomic mass is 10.2. The maximum Gasteiger partial charge on any atom is 0.586 e. The van der Waals surface area contributed by atoms with Gasteiger partial charge in [0, 0.05) is 24.8 Å². The number of amides is 2. The summed E-state index contributed by atoms with van der Waals surface area (Å²) in [6.07, 6.45) is -3.70. The molecule has 0 bridgehead atoms. The van der Waals surface area contributed by atoms with Crippen molar-refractivity contribution in [1.29, 1.82) is 0 Å². The SMILES string of the molecule is C[NH+](CC(=O)Nc1ccc2c(c1)OC(F)(F)O2)CC(=O)N1CCOCC1. The van der Waals surface area contributed by atoms with E-state index in [1.54, 1.807) is 11.9 Å². The number of fused-ring (bicyclic) bond motifs is 1. The second-order valence-corrected chi connectivity index (χ2v) is 6.18. The van der Waals surface area contributed by atoms with Crippen molar-refractivity contribution in [1.82, 2.24) is 4.90 Å². The highest BCUT2D eigenvalue weighted by atomic mass is 19.3. The van der Waals surface area contributed by atoms with Crippen LogP contribution < -0.4 is 19.7 Å². The minimum absolute atomic E-state index is 0.0380. The van der Waals surface area contributed by atoms with E-state index >= 15 is 0 Å². The van der Waals surface area contributed by atoms with Crippen LogP contribution in [0.3, 0.4) is 0 Å². The third-order valence-electron chi connectivity index (χ3n) is 3.96. The number of benzene rings is 1. The van der Waals surface area contributed by atoms with Crippen LogP contribution in [-0.4, -0.2) is 69.4 Å². The van der Waals surface area contributed by atoms with E-state index in [1.165, 1.54) is 18.2 Å². The molecule has 1 fully saturated rings. The first-order chi connectivity index (χ1) is 12.3. The molecule has 0 radical (unpaired) electrons. The number of hydrogen-bond donors (Lipinski definition) is 2. The summed E-state index contributed by atoms with van der Waals surface area (Å²) in [7, 11) is 1.73. The number of carbonyl (C=O) groups is 2. The second kappa shape index (κ2) is 7.42. The Morgan fingerprint density at radius 3 is 2.62 bits per heavy atom. The number of ether oxygens (including phenoxy) is 3. The van der Waals surface area contributed by atoms with E-state index in [4.69, 9.17) is 4.74 Å². The van der Waals surface area contributed by atoms with Crippen LogP contribution in [0.4, 0.5) is 14.5 Å². The van der Waals surface area contributed by atoms with Crippen LogP contribution in [-0.2, 0) is 14.3 Å². The Hall–Kier alpha value is -2.46. The van der Waals surface area contributed by atoms with Gasteiger partial charge >= 0.3 is 6.29 Å². The molecule has 0 saturated carbocycles. The number of hydrogen-bond acceptors (Lipinski definition) is 5. The predicted molar refractivity (Wildman–Crippen MR) is 85.3 cm³/mol. The molecular formula is C16H20F2N3O5+. The Morgan fingerprint density at radius 1 is 1.19 bits per heavy atom. The highest BCUT2D eigenvalue weighted by Gasteiger charge is 2.43. The average Bonchev–Trinajstić information content (AvgIpc) is 2.88. The van der Waals surface area contributed by atoms with Gasteiger partial charge in [0.05, 0.1) is 20.3 Å². The third-order valence-corrected chi connectivity index (χ3v) is 3.96. The van der Waals surface area contributed by atoms with Gasteiger partial charge in [-0.05, 0) is 12.1 Å². The summed E-state index contributed by atoms with van der Waals surface area (Å²) in [5.74, 6) is -0.616. The molecule has 1 aromatic rings. The van der Waals surface area contributed by atoms with Crippen LogP contribution in [0.5, 0.6) is 11.5 Å². The highest BCUT2D eigenvalue weighted by molar-refractivity contribution is 5.92. The zero-order valence-corrected chi connectivity index (χ0v) is 14.2. The van der Waals surface area contributed by atoms with E-state index < -0.39 is 6.29 Å². The van der Waals surface area contributed by atoms with Crippen LogP contribution in [0.15, 0.2) is 18.2 Å². The molecule has 0 aliphatic carbocycles. The van der Waals surface area contributed by atoms with E-state index in [-0.39, 0.29) is 36.4 Å². The lowest BCUT2D eigenvalue weighted by Crippen LogP contribution is -3.11. The maximum atomic E-state index is 13.0. The van der Waals surface area contributed by atoms with E-state index in [2.05, 4.69) is 14.8 Å². The normalized spacial score (nSPS) is 19.1. The van der Waals surface area contributed by atoms with Gasteiger partial charge in [-0.15, -0.1) is 8.78 Å². The van der Waals surface area contributed by atoms with Gasteiger partial charge in [0.15, 0.2) is 24.6 Å². The van der Waals surface area contributed by atoms with Gasteiger partial charge < -0.3 is 29.3 Å². The minimum atomic E-state index is -3.70. The summed E-state index contributed by atoms with van der Waals surface area (Å²) in [6.45, 7) is 2.39. The average molecular weight is 372 g/mol. The minimum Gasteiger partial charge on any atom is -0.395 e. The lowest BCUT2D eigenvalue weighted by Gasteiger charge is -2.27. The molecule has 1 unspecified atom stereocenters. The van der Waals surface area contributed by atoms with Crippen molar-refractivity contribution < 1.29 is 37.5 Å². The second-order valence-electron chi connectivity index (χ2n) is 6.18. The summed E-state index contributed by atoms with van der Waals surface area (Å²) in [4.78, 5) is 26.7. The van der Waals surface area contributed by atoms with Gasteiger partial charge in [-0.3, -0.25) is 9.59 Å². The first kappa shape index (κ1) is 18.3. The van der Waals surface area contributed by atoms with Crippen molar-refractivity contribution in [2.45, 2.75) is 6.29 Å². The predicted octanol–water partition coefficient (Wildman–Crippen LogP) is -0.680. The lowest BCUT2D eigenvalue weighted by molar-refractivity contribution is -0.862. The monoisotopic (exact) mass is 372 g/mol. The molecule has 2 aliphatic rings. The van der Waals surface area contributed by atoms with Gasteiger partial charge in [-0.2, -0.15) is 0 Å². The molecule has 2 heterocycles. The van der Waals surface area contributed by atoms with E-state index in [9.17, 15) is 18.4 Å². The molecule has 2 N–H and O–H groups in total. The van der Waals surface area contributed by atoms with Crippen molar-refractivity contribution in [2.24, 2.45) is 0 Å². The molecule has 0 spiro atoms. The zero-order chi connectivity index (χ0) is 18.7. The Balaban J connectivity index is 1.49. The fraction of sp³-hybridized carbons (Fsp3) is 0.500. The molecule has 142 valence electrons. The third kappa shape index (κ3) is 4.58. The Morgan fingerprint density at radius 2 is 1.88 bits per heavy atom. The van der Waals surface area contributed by atoms with E-state index in [0.29, 0.717) is 36.9 Å². The molecule has 1 atom stereocenters. The quantitative estimate of drug-likeness (QED) is 0.716. The molecule has 26 heavy (non-hydrogen) atoms. The number of halogens is 2. The van der Waals surface area contributed by atoms with Crippen LogP contribution in [0.25, 0.3) is 0 Å². The van der Waals surface area contributed by atoms with Crippen molar-refractivity contribution in [3.8, 4) is 11.5 Å². The fourth-order valence-corrected chi connectivity index (χ4v) is 2.75. The topological polar surface area (TPSA) is 81.5 Å². The van der Waals surface area contributed by atoms with E-state index in [0.717, 1.165) is 0 Å². The standard InChI is InChI=1S/C16H19F2N3O5/c1-20(10-15(23)21-4-6-24-7-5-21)9-14(22)19-11-2-3-12-13(8-11)26-16(17,18)25-12/h2-3,8H,4-7,9-10H2,1H3,(H,19,22)/p+1. The van der Waals surface area contributed by atoms with Crippen LogP contribution in [0.1, 0.15) is 0 Å². The Bertz CT molecular complexity index is 694. The molecule has 2 amide bonds. The zero-order valence-electron chi connectivity index (χ0n) is 14.2. The Kier molecular flexibility index (Phi) is 5.23. The number of likely N-dealkylation sites (N-methyl/N-ethyl adjacent to an activating group) is 1. The molecule has 0 aromatic heterocycles. The molecule has 8 nitrogen and oxygen atoms in total. The summed E-state index contributed by atoms with van der Waals surface area (Å²) in [5.41, 5.74) is 0.308. The van der Waals surface area contributed by atoms with E-state index in [1.807, 2.05) is 0 Å². The van der Waals surface area contributed by atoms with Crippen molar-refractivity contribution in [3.63, 3.8) is 0 Å². The Labute approximate surface area is 148 Å². The summed E-state index contributed by atoms with van der Waals surface area (Å²) in [5, 5.41) is 2.60. The van der Waals surface area contributed by atoms with Gasteiger partial charge in [0.1, 0.15) is 0 Å². The maximum absolute atomic E-state index is 13.0. The highest BCUT2D eigenvalue weighted by Crippen LogP contribution is 2.42. The number of rotatable bonds is 5. The first-order valence-corrected chi connectivity index (χ1v) is 8.19. The summed E-state index contributed by atoms with van der Waals surface area (Å²) in [6, 6.07) is 4.00. The van der Waals surface area contributed by atoms with Crippen molar-refractivity contribution >= 4 is 17.5 Å². The number of anilines is 1. The molecule has 3 rings (SSSR count). The molecular weight excluding hydrogens is 352 g/mol. The number of quaternary nitrogens is 1. The molecule has 1 aromatic carbocycles. The number of alkyl halides is 2. The van der Waals surface area contributed by atoms with Gasteiger partial charge in [0.2, 0.25) is 0 Å². The molecule has 2 aliphatic heterocycles. The van der Waals surface area contributed by atoms with Crippen LogP contribution in [0.2, 0.25) is 0 Å². The summed E-state index contributed by atoms with van der Waals surface area (Å²) < 4.78 is 39.8. The van der Waals surface area contributed by atoms with Gasteiger partial charge in [-0.1, -0.05) is 0 Å². The smallest absolute Gasteiger partial charge is 0.395 e. The first-order valence-electron chi connectivity index (χ1n) is 8.19. The number of morpholine rings is 1. The van der Waals surface area contributed by atoms with Crippen LogP contribution >= 0.6 is 0 Å². The van der Waals surface area contributed by atoms with Gasteiger partial charge in [-0.25, -0.2) is 0 Å². The summed E-state index contributed by atoms with van der Waals surface area (Å²) >= 11 is 0. The molecule has 1 saturated heterocycles. The number of nitrogens with zero attached hydrogens (tertiary/aromatic N) is 1. The number of carbonyl (C=O) groups excluding carboxylic acids is 2.